The Hall–Kier alpha value is -1.59. The third-order valence-electron chi connectivity index (χ3n) is 6.23. The number of nitrogens with zero attached hydrogens (tertiary/aromatic N) is 1. The summed E-state index contributed by atoms with van der Waals surface area (Å²) in [6, 6.07) is 7.71. The van der Waals surface area contributed by atoms with Gasteiger partial charge in [0.2, 0.25) is 0 Å². The molecule has 2 atom stereocenters. The number of amides is 1. The maximum Gasteiger partial charge on any atom is 0.256 e. The van der Waals surface area contributed by atoms with Gasteiger partial charge < -0.3 is 14.8 Å². The van der Waals surface area contributed by atoms with E-state index in [4.69, 9.17) is 9.47 Å². The van der Waals surface area contributed by atoms with Gasteiger partial charge in [-0.3, -0.25) is 9.69 Å². The van der Waals surface area contributed by atoms with Crippen LogP contribution in [0.25, 0.3) is 0 Å². The van der Waals surface area contributed by atoms with Crippen molar-refractivity contribution in [1.82, 2.24) is 4.90 Å². The summed E-state index contributed by atoms with van der Waals surface area (Å²) >= 11 is 0. The van der Waals surface area contributed by atoms with Crippen LogP contribution in [0.2, 0.25) is 0 Å². The Bertz CT molecular complexity index is 625. The van der Waals surface area contributed by atoms with Gasteiger partial charge in [0.25, 0.3) is 5.91 Å². The Kier molecular flexibility index (Phi) is 7.96. The number of carbonyl (C=O) groups excluding carboxylic acids is 1. The first kappa shape index (κ1) is 22.1. The first-order valence-electron chi connectivity index (χ1n) is 11.4. The van der Waals surface area contributed by atoms with Crippen LogP contribution in [0.5, 0.6) is 5.75 Å². The minimum Gasteiger partial charge on any atom is -0.492 e. The van der Waals surface area contributed by atoms with Gasteiger partial charge in [-0.2, -0.15) is 0 Å². The van der Waals surface area contributed by atoms with Gasteiger partial charge in [0.05, 0.1) is 0 Å². The number of carbonyl (C=O) groups is 1. The predicted molar refractivity (Wildman–Crippen MR) is 117 cm³/mol. The Balaban J connectivity index is 1.47. The van der Waals surface area contributed by atoms with Crippen molar-refractivity contribution in [1.29, 1.82) is 0 Å². The maximum atomic E-state index is 12.9. The lowest BCUT2D eigenvalue weighted by atomic mass is 9.83. The van der Waals surface area contributed by atoms with E-state index in [9.17, 15) is 4.79 Å². The first-order chi connectivity index (χ1) is 14.0. The van der Waals surface area contributed by atoms with Crippen molar-refractivity contribution in [2.75, 3.05) is 38.2 Å². The Labute approximate surface area is 176 Å². The molecule has 1 aromatic rings. The number of anilines is 1. The van der Waals surface area contributed by atoms with Crippen LogP contribution >= 0.6 is 0 Å². The fourth-order valence-electron chi connectivity index (χ4n) is 4.98. The lowest BCUT2D eigenvalue weighted by Gasteiger charge is -2.35. The Morgan fingerprint density at radius 2 is 1.76 bits per heavy atom. The molecule has 5 heteroatoms. The van der Waals surface area contributed by atoms with Crippen LogP contribution in [0.3, 0.4) is 0 Å². The van der Waals surface area contributed by atoms with Crippen molar-refractivity contribution in [2.24, 2.45) is 11.8 Å². The minimum atomic E-state index is -0.662. The van der Waals surface area contributed by atoms with Crippen molar-refractivity contribution in [3.8, 4) is 5.75 Å². The Morgan fingerprint density at radius 3 is 2.38 bits per heavy atom. The fraction of sp³-hybridized carbons (Fsp3) is 0.708. The third-order valence-corrected chi connectivity index (χ3v) is 6.23. The molecule has 1 N–H and O–H groups in total. The normalized spacial score (nSPS) is 24.8. The average Bonchev–Trinajstić information content (AvgIpc) is 2.69. The molecular weight excluding hydrogens is 364 g/mol. The van der Waals surface area contributed by atoms with Crippen LogP contribution in [-0.4, -0.2) is 49.3 Å². The van der Waals surface area contributed by atoms with Crippen molar-refractivity contribution >= 4 is 11.6 Å². The molecule has 1 saturated carbocycles. The summed E-state index contributed by atoms with van der Waals surface area (Å²) in [7, 11) is 0. The summed E-state index contributed by atoms with van der Waals surface area (Å²) in [6.45, 7) is 11.2. The van der Waals surface area contributed by atoms with Gasteiger partial charge in [0, 0.05) is 31.9 Å². The first-order valence-corrected chi connectivity index (χ1v) is 11.4. The molecule has 29 heavy (non-hydrogen) atoms. The maximum absolute atomic E-state index is 12.9. The van der Waals surface area contributed by atoms with Crippen molar-refractivity contribution in [3.05, 3.63) is 24.3 Å². The molecule has 2 fully saturated rings. The van der Waals surface area contributed by atoms with Crippen LogP contribution in [0.1, 0.15) is 59.3 Å². The summed E-state index contributed by atoms with van der Waals surface area (Å²) in [4.78, 5) is 15.4. The zero-order valence-electron chi connectivity index (χ0n) is 18.4. The molecule has 0 unspecified atom stereocenters. The van der Waals surface area contributed by atoms with Crippen LogP contribution in [-0.2, 0) is 9.53 Å². The van der Waals surface area contributed by atoms with Gasteiger partial charge in [0.1, 0.15) is 18.0 Å². The van der Waals surface area contributed by atoms with Crippen molar-refractivity contribution < 1.29 is 14.3 Å². The molecule has 162 valence electrons. The molecule has 3 rings (SSSR count). The number of rotatable bonds is 8. The highest BCUT2D eigenvalue weighted by Gasteiger charge is 2.40. The monoisotopic (exact) mass is 402 g/mol. The topological polar surface area (TPSA) is 50.8 Å². The predicted octanol–water partition coefficient (Wildman–Crippen LogP) is 4.72. The molecule has 0 spiro atoms. The fourth-order valence-corrected chi connectivity index (χ4v) is 4.98. The van der Waals surface area contributed by atoms with Gasteiger partial charge in [-0.05, 0) is 62.3 Å². The molecule has 2 aliphatic rings. The van der Waals surface area contributed by atoms with Gasteiger partial charge in [-0.1, -0.05) is 33.1 Å². The summed E-state index contributed by atoms with van der Waals surface area (Å²) in [5, 5.41) is 3.05. The number of ether oxygens (including phenoxy) is 2. The number of piperidine rings is 1. The third kappa shape index (κ3) is 6.19. The molecule has 0 radical (unpaired) electrons. The van der Waals surface area contributed by atoms with E-state index in [-0.39, 0.29) is 5.91 Å². The number of benzene rings is 1. The zero-order valence-corrected chi connectivity index (χ0v) is 18.4. The molecule has 5 nitrogen and oxygen atoms in total. The van der Waals surface area contributed by atoms with Crippen LogP contribution in [0, 0.1) is 11.8 Å². The quantitative estimate of drug-likeness (QED) is 0.683. The van der Waals surface area contributed by atoms with Crippen LogP contribution < -0.4 is 10.1 Å². The molecule has 1 aliphatic carbocycles. The molecule has 1 amide bonds. The van der Waals surface area contributed by atoms with E-state index in [0.29, 0.717) is 13.2 Å². The van der Waals surface area contributed by atoms with Crippen molar-refractivity contribution in [2.45, 2.75) is 64.9 Å². The molecule has 1 aromatic carbocycles. The summed E-state index contributed by atoms with van der Waals surface area (Å²) in [6.07, 6.45) is 6.23. The lowest BCUT2D eigenvalue weighted by Crippen LogP contribution is -2.47. The highest BCUT2D eigenvalue weighted by atomic mass is 16.5. The molecule has 0 bridgehead atoms. The summed E-state index contributed by atoms with van der Waals surface area (Å²) in [5.74, 6) is 2.37. The van der Waals surface area contributed by atoms with E-state index in [1.54, 1.807) is 0 Å². The second kappa shape index (κ2) is 10.4. The van der Waals surface area contributed by atoms with Crippen LogP contribution in [0.4, 0.5) is 5.69 Å². The van der Waals surface area contributed by atoms with Gasteiger partial charge in [-0.25, -0.2) is 0 Å². The minimum absolute atomic E-state index is 0.0129. The second-order valence-corrected chi connectivity index (χ2v) is 9.02. The van der Waals surface area contributed by atoms with Gasteiger partial charge in [0.15, 0.2) is 0 Å². The van der Waals surface area contributed by atoms with E-state index in [0.717, 1.165) is 55.5 Å². The number of likely N-dealkylation sites (tertiary alicyclic amines) is 1. The van der Waals surface area contributed by atoms with E-state index in [1.807, 2.05) is 31.2 Å². The standard InChI is InChI=1S/C24H38N2O3/c1-4-29-24(12-6-5-7-13-24)23(27)25-21-8-10-22(11-9-21)28-15-14-26-17-19(2)16-20(3)18-26/h8-11,19-20H,4-7,12-18H2,1-3H3,(H,25,27)/t19-,20-/m1/s1. The lowest BCUT2D eigenvalue weighted by molar-refractivity contribution is -0.145. The largest absolute Gasteiger partial charge is 0.492 e. The Morgan fingerprint density at radius 1 is 1.10 bits per heavy atom. The van der Waals surface area contributed by atoms with Gasteiger partial charge in [-0.15, -0.1) is 0 Å². The molecule has 0 aromatic heterocycles. The summed E-state index contributed by atoms with van der Waals surface area (Å²) < 4.78 is 11.8. The smallest absolute Gasteiger partial charge is 0.256 e. The molecule has 1 saturated heterocycles. The highest BCUT2D eigenvalue weighted by molar-refractivity contribution is 5.97. The van der Waals surface area contributed by atoms with E-state index >= 15 is 0 Å². The molecule has 1 heterocycles. The average molecular weight is 403 g/mol. The highest BCUT2D eigenvalue weighted by Crippen LogP contribution is 2.33. The van der Waals surface area contributed by atoms with Crippen molar-refractivity contribution in [3.63, 3.8) is 0 Å². The molecule has 1 aliphatic heterocycles. The van der Waals surface area contributed by atoms with E-state index in [1.165, 1.54) is 25.9 Å². The zero-order chi connectivity index (χ0) is 20.7. The number of hydrogen-bond donors (Lipinski definition) is 1. The van der Waals surface area contributed by atoms with Gasteiger partial charge >= 0.3 is 0 Å². The SMILES string of the molecule is CCOC1(C(=O)Nc2ccc(OCCN3C[C@H](C)C[C@@H](C)C3)cc2)CCCCC1. The second-order valence-electron chi connectivity index (χ2n) is 9.02. The number of hydrogen-bond acceptors (Lipinski definition) is 4. The van der Waals surface area contributed by atoms with E-state index in [2.05, 4.69) is 24.1 Å². The summed E-state index contributed by atoms with van der Waals surface area (Å²) in [5.41, 5.74) is 0.135. The number of nitrogens with one attached hydrogen (secondary N) is 1. The van der Waals surface area contributed by atoms with E-state index < -0.39 is 5.60 Å². The molecular formula is C24H38N2O3. The van der Waals surface area contributed by atoms with Crippen LogP contribution in [0.15, 0.2) is 24.3 Å².